The summed E-state index contributed by atoms with van der Waals surface area (Å²) in [4.78, 5) is 31.0. The molecular formula is C25H33FN2O3S. The van der Waals surface area contributed by atoms with Gasteiger partial charge < -0.3 is 14.5 Å². The lowest BCUT2D eigenvalue weighted by molar-refractivity contribution is -0.144. The number of nitrogens with zero attached hydrogens (tertiary/aromatic N) is 2. The molecule has 1 aliphatic rings. The number of carbonyl (C=O) groups excluding carboxylic acids is 2. The second-order valence-electron chi connectivity index (χ2n) is 8.77. The molecule has 7 heteroatoms. The van der Waals surface area contributed by atoms with Gasteiger partial charge in [-0.1, -0.05) is 32.9 Å². The predicted molar refractivity (Wildman–Crippen MR) is 125 cm³/mol. The molecule has 2 aromatic rings. The number of halogens is 1. The number of ether oxygens (including phenoxy) is 1. The SMILES string of the molecule is CC[C@H](C)N(CC(=O)N1CCc2sccc2[C@H]1COc1ccccc1F)C(=O)CC(C)C. The molecule has 0 bridgehead atoms. The van der Waals surface area contributed by atoms with Crippen molar-refractivity contribution in [1.29, 1.82) is 0 Å². The van der Waals surface area contributed by atoms with E-state index < -0.39 is 5.82 Å². The third-order valence-electron chi connectivity index (χ3n) is 5.98. The highest BCUT2D eigenvalue weighted by molar-refractivity contribution is 7.10. The molecule has 0 aliphatic carbocycles. The van der Waals surface area contributed by atoms with Gasteiger partial charge >= 0.3 is 0 Å². The Bertz CT molecular complexity index is 929. The minimum Gasteiger partial charge on any atom is -0.488 e. The van der Waals surface area contributed by atoms with Gasteiger partial charge in [0.25, 0.3) is 0 Å². The van der Waals surface area contributed by atoms with E-state index in [1.165, 1.54) is 10.9 Å². The van der Waals surface area contributed by atoms with E-state index >= 15 is 0 Å². The Kier molecular flexibility index (Phi) is 8.29. The summed E-state index contributed by atoms with van der Waals surface area (Å²) in [6.07, 6.45) is 1.98. The van der Waals surface area contributed by atoms with Crippen LogP contribution in [0.5, 0.6) is 5.75 Å². The minimum atomic E-state index is -0.422. The molecule has 2 amide bonds. The van der Waals surface area contributed by atoms with Crippen LogP contribution in [0.3, 0.4) is 0 Å². The summed E-state index contributed by atoms with van der Waals surface area (Å²) in [5.74, 6) is -0.101. The third kappa shape index (κ3) is 5.68. The first-order chi connectivity index (χ1) is 15.3. The Morgan fingerprint density at radius 1 is 1.25 bits per heavy atom. The van der Waals surface area contributed by atoms with Gasteiger partial charge in [-0.25, -0.2) is 4.39 Å². The summed E-state index contributed by atoms with van der Waals surface area (Å²) < 4.78 is 19.9. The van der Waals surface area contributed by atoms with Crippen molar-refractivity contribution in [2.75, 3.05) is 19.7 Å². The van der Waals surface area contributed by atoms with Gasteiger partial charge in [0.05, 0.1) is 6.04 Å². The molecule has 3 rings (SSSR count). The Labute approximate surface area is 194 Å². The molecule has 5 nitrogen and oxygen atoms in total. The van der Waals surface area contributed by atoms with Crippen LogP contribution in [-0.2, 0) is 16.0 Å². The first-order valence-corrected chi connectivity index (χ1v) is 12.2. The summed E-state index contributed by atoms with van der Waals surface area (Å²) in [6.45, 7) is 8.80. The molecule has 0 fully saturated rings. The lowest BCUT2D eigenvalue weighted by atomic mass is 10.00. The van der Waals surface area contributed by atoms with Crippen molar-refractivity contribution in [3.8, 4) is 5.75 Å². The minimum absolute atomic E-state index is 0.00934. The van der Waals surface area contributed by atoms with E-state index in [2.05, 4.69) is 0 Å². The first kappa shape index (κ1) is 24.2. The highest BCUT2D eigenvalue weighted by Crippen LogP contribution is 2.34. The van der Waals surface area contributed by atoms with E-state index in [0.717, 1.165) is 18.4 Å². The molecule has 0 saturated heterocycles. The highest BCUT2D eigenvalue weighted by atomic mass is 32.1. The van der Waals surface area contributed by atoms with Crippen LogP contribution in [0.25, 0.3) is 0 Å². The van der Waals surface area contributed by atoms with Gasteiger partial charge in [0.1, 0.15) is 13.2 Å². The molecule has 174 valence electrons. The lowest BCUT2D eigenvalue weighted by Crippen LogP contribution is -2.50. The summed E-state index contributed by atoms with van der Waals surface area (Å²) in [6, 6.07) is 7.99. The molecule has 0 unspecified atom stereocenters. The van der Waals surface area contributed by atoms with Crippen molar-refractivity contribution in [2.24, 2.45) is 5.92 Å². The smallest absolute Gasteiger partial charge is 0.242 e. The molecule has 1 aromatic carbocycles. The Morgan fingerprint density at radius 2 is 2.00 bits per heavy atom. The van der Waals surface area contributed by atoms with Crippen LogP contribution in [0, 0.1) is 11.7 Å². The Morgan fingerprint density at radius 3 is 2.69 bits per heavy atom. The van der Waals surface area contributed by atoms with E-state index in [9.17, 15) is 14.0 Å². The fourth-order valence-corrected chi connectivity index (χ4v) is 4.95. The standard InChI is InChI=1S/C25H33FN2O3S/c1-5-18(4)28(24(29)14-17(2)3)15-25(30)27-12-10-23-19(11-13-32-23)21(27)16-31-22-9-7-6-8-20(22)26/h6-9,11,13,17-18,21H,5,10,12,14-16H2,1-4H3/t18-,21+/m0/s1. The van der Waals surface area contributed by atoms with Crippen molar-refractivity contribution < 1.29 is 18.7 Å². The van der Waals surface area contributed by atoms with Crippen LogP contribution in [-0.4, -0.2) is 47.4 Å². The summed E-state index contributed by atoms with van der Waals surface area (Å²) in [5.41, 5.74) is 1.05. The van der Waals surface area contributed by atoms with Crippen LogP contribution >= 0.6 is 11.3 Å². The van der Waals surface area contributed by atoms with E-state index in [-0.39, 0.29) is 48.7 Å². The number of rotatable bonds is 9. The fraction of sp³-hybridized carbons (Fsp3) is 0.520. The summed E-state index contributed by atoms with van der Waals surface area (Å²) in [7, 11) is 0. The van der Waals surface area contributed by atoms with Crippen molar-refractivity contribution in [3.05, 3.63) is 52.0 Å². The zero-order chi connectivity index (χ0) is 23.3. The van der Waals surface area contributed by atoms with Gasteiger partial charge in [0, 0.05) is 23.9 Å². The number of para-hydroxylation sites is 1. The maximum Gasteiger partial charge on any atom is 0.242 e. The monoisotopic (exact) mass is 460 g/mol. The lowest BCUT2D eigenvalue weighted by Gasteiger charge is -2.38. The van der Waals surface area contributed by atoms with Crippen molar-refractivity contribution >= 4 is 23.2 Å². The highest BCUT2D eigenvalue weighted by Gasteiger charge is 2.34. The predicted octanol–water partition coefficient (Wildman–Crippen LogP) is 5.07. The van der Waals surface area contributed by atoms with Crippen molar-refractivity contribution in [3.63, 3.8) is 0 Å². The third-order valence-corrected chi connectivity index (χ3v) is 6.98. The van der Waals surface area contributed by atoms with E-state index in [0.29, 0.717) is 13.0 Å². The van der Waals surface area contributed by atoms with Gasteiger partial charge in [-0.05, 0) is 54.8 Å². The average Bonchev–Trinajstić information content (AvgIpc) is 3.24. The van der Waals surface area contributed by atoms with Gasteiger partial charge in [-0.3, -0.25) is 9.59 Å². The second kappa shape index (κ2) is 10.9. The molecule has 2 heterocycles. The number of amides is 2. The Balaban J connectivity index is 1.79. The van der Waals surface area contributed by atoms with Crippen LogP contribution in [0.15, 0.2) is 35.7 Å². The Hall–Kier alpha value is -2.41. The number of hydrogen-bond acceptors (Lipinski definition) is 4. The average molecular weight is 461 g/mol. The van der Waals surface area contributed by atoms with E-state index in [4.69, 9.17) is 4.74 Å². The molecule has 0 N–H and O–H groups in total. The van der Waals surface area contributed by atoms with E-state index in [1.807, 2.05) is 39.1 Å². The van der Waals surface area contributed by atoms with Gasteiger partial charge in [0.15, 0.2) is 11.6 Å². The molecule has 1 aliphatic heterocycles. The zero-order valence-corrected chi connectivity index (χ0v) is 20.2. The van der Waals surface area contributed by atoms with Crippen LogP contribution in [0.1, 0.15) is 57.0 Å². The molecular weight excluding hydrogens is 427 g/mol. The number of fused-ring (bicyclic) bond motifs is 1. The molecule has 1 aromatic heterocycles. The van der Waals surface area contributed by atoms with Gasteiger partial charge in [0.2, 0.25) is 11.8 Å². The maximum atomic E-state index is 14.1. The van der Waals surface area contributed by atoms with Crippen LogP contribution in [0.4, 0.5) is 4.39 Å². The summed E-state index contributed by atoms with van der Waals surface area (Å²) in [5, 5.41) is 2.02. The fourth-order valence-electron chi connectivity index (χ4n) is 4.02. The number of hydrogen-bond donors (Lipinski definition) is 0. The molecule has 0 saturated carbocycles. The second-order valence-corrected chi connectivity index (χ2v) is 9.77. The first-order valence-electron chi connectivity index (χ1n) is 11.3. The van der Waals surface area contributed by atoms with Crippen LogP contribution < -0.4 is 4.74 Å². The topological polar surface area (TPSA) is 49.9 Å². The largest absolute Gasteiger partial charge is 0.488 e. The van der Waals surface area contributed by atoms with Gasteiger partial charge in [-0.2, -0.15) is 0 Å². The molecule has 32 heavy (non-hydrogen) atoms. The summed E-state index contributed by atoms with van der Waals surface area (Å²) >= 11 is 1.67. The van der Waals surface area contributed by atoms with Gasteiger partial charge in [-0.15, -0.1) is 11.3 Å². The van der Waals surface area contributed by atoms with Crippen molar-refractivity contribution in [2.45, 2.75) is 59.0 Å². The maximum absolute atomic E-state index is 14.1. The van der Waals surface area contributed by atoms with Crippen molar-refractivity contribution in [1.82, 2.24) is 9.80 Å². The normalized spacial score (nSPS) is 16.6. The number of benzene rings is 1. The van der Waals surface area contributed by atoms with Crippen LogP contribution in [0.2, 0.25) is 0 Å². The van der Waals surface area contributed by atoms with E-state index in [1.54, 1.807) is 39.3 Å². The zero-order valence-electron chi connectivity index (χ0n) is 19.3. The number of carbonyl (C=O) groups is 2. The molecule has 0 spiro atoms. The quantitative estimate of drug-likeness (QED) is 0.525. The molecule has 0 radical (unpaired) electrons. The number of thiophene rings is 1. The molecule has 2 atom stereocenters.